The van der Waals surface area contributed by atoms with Gasteiger partial charge in [-0.15, -0.1) is 5.10 Å². The van der Waals surface area contributed by atoms with E-state index in [9.17, 15) is 4.79 Å². The summed E-state index contributed by atoms with van der Waals surface area (Å²) in [5.41, 5.74) is 4.01. The highest BCUT2D eigenvalue weighted by Gasteiger charge is 2.35. The van der Waals surface area contributed by atoms with E-state index in [4.69, 9.17) is 24.3 Å². The van der Waals surface area contributed by atoms with Crippen molar-refractivity contribution in [3.8, 4) is 22.9 Å². The lowest BCUT2D eigenvalue weighted by Gasteiger charge is -2.28. The molecular formula is C24H26N4O4. The number of hydrogen-bond acceptors (Lipinski definition) is 7. The van der Waals surface area contributed by atoms with Crippen LogP contribution in [0.15, 0.2) is 53.7 Å². The fourth-order valence-electron chi connectivity index (χ4n) is 3.78. The topological polar surface area (TPSA) is 87.5 Å². The van der Waals surface area contributed by atoms with Crippen molar-refractivity contribution in [2.75, 3.05) is 26.1 Å². The van der Waals surface area contributed by atoms with E-state index in [1.54, 1.807) is 25.8 Å². The van der Waals surface area contributed by atoms with Crippen molar-refractivity contribution in [2.45, 2.75) is 26.8 Å². The van der Waals surface area contributed by atoms with Gasteiger partial charge in [-0.1, -0.05) is 29.8 Å². The average Bonchev–Trinajstić information content (AvgIpc) is 3.22. The lowest BCUT2D eigenvalue weighted by molar-refractivity contribution is -0.139. The second kappa shape index (κ2) is 8.74. The highest BCUT2D eigenvalue weighted by atomic mass is 16.5. The van der Waals surface area contributed by atoms with Crippen molar-refractivity contribution in [3.05, 3.63) is 64.9 Å². The minimum absolute atomic E-state index is 0.289. The lowest BCUT2D eigenvalue weighted by atomic mass is 9.95. The molecular weight excluding hydrogens is 408 g/mol. The fraction of sp³-hybridized carbons (Fsp3) is 0.292. The Morgan fingerprint density at radius 2 is 1.78 bits per heavy atom. The molecule has 166 valence electrons. The summed E-state index contributed by atoms with van der Waals surface area (Å²) in [6.45, 7) is 5.95. The van der Waals surface area contributed by atoms with Crippen LogP contribution in [0, 0.1) is 6.92 Å². The van der Waals surface area contributed by atoms with Crippen molar-refractivity contribution in [1.82, 2.24) is 14.8 Å². The zero-order valence-electron chi connectivity index (χ0n) is 18.8. The first-order valence-electron chi connectivity index (χ1n) is 10.4. The van der Waals surface area contributed by atoms with Gasteiger partial charge in [-0.3, -0.25) is 0 Å². The maximum atomic E-state index is 12.9. The zero-order valence-corrected chi connectivity index (χ0v) is 18.8. The number of aryl methyl sites for hydroxylation is 1. The number of allylic oxidation sites excluding steroid dienone is 1. The number of anilines is 1. The zero-order chi connectivity index (χ0) is 22.8. The van der Waals surface area contributed by atoms with Crippen molar-refractivity contribution >= 4 is 11.9 Å². The summed E-state index contributed by atoms with van der Waals surface area (Å²) in [4.78, 5) is 17.6. The third kappa shape index (κ3) is 3.79. The van der Waals surface area contributed by atoms with Gasteiger partial charge >= 0.3 is 5.97 Å². The normalized spacial score (nSPS) is 15.1. The number of carbonyl (C=O) groups excluding carboxylic acids is 1. The van der Waals surface area contributed by atoms with Crippen LogP contribution in [0.4, 0.5) is 5.95 Å². The van der Waals surface area contributed by atoms with E-state index in [0.29, 0.717) is 34.5 Å². The number of esters is 1. The molecule has 8 heteroatoms. The number of benzene rings is 2. The molecule has 8 nitrogen and oxygen atoms in total. The molecule has 1 aliphatic heterocycles. The number of rotatable bonds is 6. The molecule has 0 amide bonds. The SMILES string of the molecule is CCOC(=O)C1=C(C)Nc2nc(-c3ccc(OC)c(OC)c3)nn2C1c1ccc(C)cc1. The summed E-state index contributed by atoms with van der Waals surface area (Å²) in [6.07, 6.45) is 0. The Hall–Kier alpha value is -3.81. The molecule has 1 N–H and O–H groups in total. The van der Waals surface area contributed by atoms with Crippen LogP contribution >= 0.6 is 0 Å². The number of nitrogens with zero attached hydrogens (tertiary/aromatic N) is 3. The largest absolute Gasteiger partial charge is 0.493 e. The fourth-order valence-corrected chi connectivity index (χ4v) is 3.78. The van der Waals surface area contributed by atoms with Gasteiger partial charge in [0.1, 0.15) is 6.04 Å². The maximum absolute atomic E-state index is 12.9. The molecule has 1 aromatic heterocycles. The van der Waals surface area contributed by atoms with E-state index in [1.165, 1.54) is 0 Å². The Balaban J connectivity index is 1.84. The third-order valence-corrected chi connectivity index (χ3v) is 5.38. The molecule has 2 heterocycles. The first-order chi connectivity index (χ1) is 15.5. The van der Waals surface area contributed by atoms with Crippen LogP contribution < -0.4 is 14.8 Å². The lowest BCUT2D eigenvalue weighted by Crippen LogP contribution is -2.29. The van der Waals surface area contributed by atoms with Crippen LogP contribution in [0.5, 0.6) is 11.5 Å². The van der Waals surface area contributed by atoms with E-state index in [2.05, 4.69) is 5.32 Å². The monoisotopic (exact) mass is 434 g/mol. The van der Waals surface area contributed by atoms with E-state index >= 15 is 0 Å². The maximum Gasteiger partial charge on any atom is 0.338 e. The van der Waals surface area contributed by atoms with Crippen molar-refractivity contribution in [1.29, 1.82) is 0 Å². The molecule has 0 fully saturated rings. The molecule has 4 rings (SSSR count). The van der Waals surface area contributed by atoms with Gasteiger partial charge in [-0.2, -0.15) is 4.98 Å². The quantitative estimate of drug-likeness (QED) is 0.584. The van der Waals surface area contributed by atoms with Crippen LogP contribution in [-0.4, -0.2) is 41.6 Å². The number of methoxy groups -OCH3 is 2. The van der Waals surface area contributed by atoms with Crippen LogP contribution in [0.1, 0.15) is 31.0 Å². The smallest absolute Gasteiger partial charge is 0.338 e. The summed E-state index contributed by atoms with van der Waals surface area (Å²) in [6, 6.07) is 13.1. The molecule has 0 spiro atoms. The molecule has 0 saturated carbocycles. The number of ether oxygens (including phenoxy) is 3. The summed E-state index contributed by atoms with van der Waals surface area (Å²) in [5.74, 6) is 1.88. The van der Waals surface area contributed by atoms with Gasteiger partial charge in [0.15, 0.2) is 17.3 Å². The van der Waals surface area contributed by atoms with Crippen LogP contribution in [0.25, 0.3) is 11.4 Å². The van der Waals surface area contributed by atoms with Crippen LogP contribution in [-0.2, 0) is 9.53 Å². The van der Waals surface area contributed by atoms with Crippen LogP contribution in [0.2, 0.25) is 0 Å². The molecule has 1 aliphatic rings. The number of carbonyl (C=O) groups is 1. The van der Waals surface area contributed by atoms with Crippen molar-refractivity contribution in [2.24, 2.45) is 0 Å². The molecule has 1 atom stereocenters. The van der Waals surface area contributed by atoms with Crippen LogP contribution in [0.3, 0.4) is 0 Å². The number of fused-ring (bicyclic) bond motifs is 1. The molecule has 0 saturated heterocycles. The Morgan fingerprint density at radius 1 is 1.06 bits per heavy atom. The molecule has 0 bridgehead atoms. The van der Waals surface area contributed by atoms with E-state index < -0.39 is 6.04 Å². The molecule has 1 unspecified atom stereocenters. The van der Waals surface area contributed by atoms with Gasteiger partial charge in [0.05, 0.1) is 26.4 Å². The van der Waals surface area contributed by atoms with Gasteiger partial charge in [-0.25, -0.2) is 9.48 Å². The summed E-state index contributed by atoms with van der Waals surface area (Å²) >= 11 is 0. The number of aromatic nitrogens is 3. The number of hydrogen-bond donors (Lipinski definition) is 1. The van der Waals surface area contributed by atoms with Gasteiger partial charge < -0.3 is 19.5 Å². The first kappa shape index (κ1) is 21.4. The molecule has 0 radical (unpaired) electrons. The van der Waals surface area contributed by atoms with E-state index in [0.717, 1.165) is 16.7 Å². The van der Waals surface area contributed by atoms with Crippen molar-refractivity contribution in [3.63, 3.8) is 0 Å². The highest BCUT2D eigenvalue weighted by molar-refractivity contribution is 5.92. The summed E-state index contributed by atoms with van der Waals surface area (Å²) in [5, 5.41) is 7.98. The molecule has 3 aromatic rings. The van der Waals surface area contributed by atoms with Crippen molar-refractivity contribution < 1.29 is 19.0 Å². The average molecular weight is 434 g/mol. The molecule has 0 aliphatic carbocycles. The predicted octanol–water partition coefficient (Wildman–Crippen LogP) is 4.12. The van der Waals surface area contributed by atoms with Gasteiger partial charge in [0.2, 0.25) is 5.95 Å². The van der Waals surface area contributed by atoms with Gasteiger partial charge in [-0.05, 0) is 44.5 Å². The van der Waals surface area contributed by atoms with Gasteiger partial charge in [0, 0.05) is 11.3 Å². The Bertz CT molecular complexity index is 1180. The minimum Gasteiger partial charge on any atom is -0.493 e. The Labute approximate surface area is 186 Å². The summed E-state index contributed by atoms with van der Waals surface area (Å²) in [7, 11) is 3.17. The molecule has 32 heavy (non-hydrogen) atoms. The molecule has 2 aromatic carbocycles. The van der Waals surface area contributed by atoms with Gasteiger partial charge in [0.25, 0.3) is 0 Å². The predicted molar refractivity (Wildman–Crippen MR) is 121 cm³/mol. The van der Waals surface area contributed by atoms with E-state index in [1.807, 2.05) is 56.3 Å². The Kier molecular flexibility index (Phi) is 5.85. The first-order valence-corrected chi connectivity index (χ1v) is 10.4. The minimum atomic E-state index is -0.465. The second-order valence-corrected chi connectivity index (χ2v) is 7.47. The third-order valence-electron chi connectivity index (χ3n) is 5.38. The standard InChI is InChI=1S/C24H26N4O4/c1-6-32-23(29)20-15(3)25-24-26-22(17-11-12-18(30-4)19(13-17)31-5)27-28(24)21(20)16-9-7-14(2)8-10-16/h7-13,21H,6H2,1-5H3,(H,25,26,27). The Morgan fingerprint density at radius 3 is 2.44 bits per heavy atom. The second-order valence-electron chi connectivity index (χ2n) is 7.47. The van der Waals surface area contributed by atoms with E-state index in [-0.39, 0.29) is 12.6 Å². The highest BCUT2D eigenvalue weighted by Crippen LogP contribution is 2.38. The summed E-state index contributed by atoms with van der Waals surface area (Å²) < 4.78 is 17.8. The number of nitrogens with one attached hydrogen (secondary N) is 1.